The lowest BCUT2D eigenvalue weighted by Crippen LogP contribution is -1.98. The van der Waals surface area contributed by atoms with Gasteiger partial charge < -0.3 is 4.57 Å². The first-order chi connectivity index (χ1) is 13.6. The molecule has 4 heteroatoms. The minimum atomic E-state index is -0.229. The molecule has 4 rings (SSSR count). The quantitative estimate of drug-likeness (QED) is 0.289. The summed E-state index contributed by atoms with van der Waals surface area (Å²) >= 11 is 5.93. The Labute approximate surface area is 167 Å². The SMILES string of the molecule is N#C/C(=C\c1ccc2c(ccn2Cc2cccc(F)c2)c1)c1ccc(Cl)cc1. The molecule has 0 saturated carbocycles. The van der Waals surface area contributed by atoms with Crippen LogP contribution < -0.4 is 0 Å². The normalized spacial score (nSPS) is 11.5. The lowest BCUT2D eigenvalue weighted by Gasteiger charge is -2.06. The highest BCUT2D eigenvalue weighted by atomic mass is 35.5. The van der Waals surface area contributed by atoms with Gasteiger partial charge in [-0.3, -0.25) is 0 Å². The van der Waals surface area contributed by atoms with E-state index in [-0.39, 0.29) is 5.82 Å². The molecule has 0 unspecified atom stereocenters. The fourth-order valence-corrected chi connectivity index (χ4v) is 3.38. The molecule has 0 fully saturated rings. The summed E-state index contributed by atoms with van der Waals surface area (Å²) in [6.45, 7) is 0.602. The van der Waals surface area contributed by atoms with Gasteiger partial charge in [-0.1, -0.05) is 41.9 Å². The molecular weight excluding hydrogens is 371 g/mol. The highest BCUT2D eigenvalue weighted by molar-refractivity contribution is 6.30. The van der Waals surface area contributed by atoms with Crippen molar-refractivity contribution in [2.75, 3.05) is 0 Å². The number of benzene rings is 3. The van der Waals surface area contributed by atoms with Crippen molar-refractivity contribution >= 4 is 34.2 Å². The molecule has 0 aliphatic carbocycles. The number of aromatic nitrogens is 1. The van der Waals surface area contributed by atoms with Crippen LogP contribution in [0.5, 0.6) is 0 Å². The van der Waals surface area contributed by atoms with E-state index < -0.39 is 0 Å². The van der Waals surface area contributed by atoms with Crippen LogP contribution in [0.2, 0.25) is 5.02 Å². The van der Waals surface area contributed by atoms with Gasteiger partial charge in [0.15, 0.2) is 0 Å². The van der Waals surface area contributed by atoms with Crippen LogP contribution in [0.25, 0.3) is 22.6 Å². The smallest absolute Gasteiger partial charge is 0.123 e. The minimum absolute atomic E-state index is 0.229. The molecule has 136 valence electrons. The Bertz CT molecular complexity index is 1210. The maximum absolute atomic E-state index is 13.4. The second-order valence-electron chi connectivity index (χ2n) is 6.57. The molecule has 0 aliphatic rings. The first kappa shape index (κ1) is 18.0. The van der Waals surface area contributed by atoms with Gasteiger partial charge in [-0.15, -0.1) is 0 Å². The van der Waals surface area contributed by atoms with Crippen LogP contribution in [0.3, 0.4) is 0 Å². The third-order valence-corrected chi connectivity index (χ3v) is 4.88. The van der Waals surface area contributed by atoms with Crippen molar-refractivity contribution in [3.8, 4) is 6.07 Å². The van der Waals surface area contributed by atoms with E-state index in [4.69, 9.17) is 11.6 Å². The minimum Gasteiger partial charge on any atom is -0.343 e. The number of hydrogen-bond acceptors (Lipinski definition) is 1. The molecule has 28 heavy (non-hydrogen) atoms. The summed E-state index contributed by atoms with van der Waals surface area (Å²) in [7, 11) is 0. The number of rotatable bonds is 4. The van der Waals surface area contributed by atoms with E-state index in [1.165, 1.54) is 6.07 Å². The molecule has 0 N–H and O–H groups in total. The van der Waals surface area contributed by atoms with Crippen molar-refractivity contribution in [3.63, 3.8) is 0 Å². The van der Waals surface area contributed by atoms with E-state index in [2.05, 4.69) is 10.6 Å². The molecule has 1 heterocycles. The van der Waals surface area contributed by atoms with Crippen LogP contribution in [0.1, 0.15) is 16.7 Å². The first-order valence-corrected chi connectivity index (χ1v) is 9.21. The molecule has 0 amide bonds. The summed E-state index contributed by atoms with van der Waals surface area (Å²) < 4.78 is 15.5. The summed E-state index contributed by atoms with van der Waals surface area (Å²) in [5.74, 6) is -0.229. The van der Waals surface area contributed by atoms with E-state index in [0.717, 1.165) is 27.6 Å². The fraction of sp³-hybridized carbons (Fsp3) is 0.0417. The average molecular weight is 387 g/mol. The van der Waals surface area contributed by atoms with Crippen molar-refractivity contribution in [2.24, 2.45) is 0 Å². The molecule has 3 aromatic carbocycles. The van der Waals surface area contributed by atoms with E-state index in [1.807, 2.05) is 54.7 Å². The van der Waals surface area contributed by atoms with Crippen molar-refractivity contribution < 1.29 is 4.39 Å². The number of nitriles is 1. The Morgan fingerprint density at radius 2 is 1.86 bits per heavy atom. The van der Waals surface area contributed by atoms with Crippen LogP contribution in [-0.2, 0) is 6.54 Å². The number of halogens is 2. The number of allylic oxidation sites excluding steroid dienone is 1. The molecule has 0 bridgehead atoms. The zero-order valence-electron chi connectivity index (χ0n) is 14.9. The Morgan fingerprint density at radius 3 is 2.61 bits per heavy atom. The van der Waals surface area contributed by atoms with Crippen LogP contribution in [-0.4, -0.2) is 4.57 Å². The third-order valence-electron chi connectivity index (χ3n) is 4.62. The number of hydrogen-bond donors (Lipinski definition) is 0. The van der Waals surface area contributed by atoms with E-state index in [1.54, 1.807) is 24.3 Å². The molecular formula is C24H16ClFN2. The van der Waals surface area contributed by atoms with Crippen LogP contribution in [0.4, 0.5) is 4.39 Å². The van der Waals surface area contributed by atoms with Crippen LogP contribution in [0, 0.1) is 17.1 Å². The Balaban J connectivity index is 1.65. The van der Waals surface area contributed by atoms with Gasteiger partial charge in [0.05, 0.1) is 11.6 Å². The van der Waals surface area contributed by atoms with Crippen LogP contribution >= 0.6 is 11.6 Å². The lowest BCUT2D eigenvalue weighted by molar-refractivity contribution is 0.624. The molecule has 0 aliphatic heterocycles. The highest BCUT2D eigenvalue weighted by Gasteiger charge is 2.05. The van der Waals surface area contributed by atoms with Gasteiger partial charge in [-0.2, -0.15) is 5.26 Å². The predicted octanol–water partition coefficient (Wildman–Crippen LogP) is 6.55. The Morgan fingerprint density at radius 1 is 1.04 bits per heavy atom. The van der Waals surface area contributed by atoms with E-state index in [9.17, 15) is 9.65 Å². The maximum atomic E-state index is 13.4. The fourth-order valence-electron chi connectivity index (χ4n) is 3.25. The highest BCUT2D eigenvalue weighted by Crippen LogP contribution is 2.24. The second-order valence-corrected chi connectivity index (χ2v) is 7.00. The first-order valence-electron chi connectivity index (χ1n) is 8.83. The lowest BCUT2D eigenvalue weighted by atomic mass is 10.0. The van der Waals surface area contributed by atoms with Gasteiger partial charge in [0, 0.05) is 28.7 Å². The molecule has 0 spiro atoms. The summed E-state index contributed by atoms with van der Waals surface area (Å²) in [5.41, 5.74) is 4.33. The maximum Gasteiger partial charge on any atom is 0.123 e. The molecule has 0 atom stereocenters. The summed E-state index contributed by atoms with van der Waals surface area (Å²) in [4.78, 5) is 0. The number of fused-ring (bicyclic) bond motifs is 1. The van der Waals surface area contributed by atoms with Crippen molar-refractivity contribution in [3.05, 3.63) is 107 Å². The van der Waals surface area contributed by atoms with E-state index in [0.29, 0.717) is 17.1 Å². The molecule has 1 aromatic heterocycles. The van der Waals surface area contributed by atoms with Crippen molar-refractivity contribution in [1.29, 1.82) is 5.26 Å². The predicted molar refractivity (Wildman–Crippen MR) is 112 cm³/mol. The van der Waals surface area contributed by atoms with Crippen molar-refractivity contribution in [1.82, 2.24) is 4.57 Å². The average Bonchev–Trinajstić information content (AvgIpc) is 3.09. The van der Waals surface area contributed by atoms with Crippen molar-refractivity contribution in [2.45, 2.75) is 6.54 Å². The monoisotopic (exact) mass is 386 g/mol. The molecule has 0 saturated heterocycles. The summed E-state index contributed by atoms with van der Waals surface area (Å²) in [6.07, 6.45) is 3.86. The van der Waals surface area contributed by atoms with Gasteiger partial charge >= 0.3 is 0 Å². The zero-order chi connectivity index (χ0) is 19.5. The molecule has 4 aromatic rings. The Hall–Kier alpha value is -3.35. The van der Waals surface area contributed by atoms with Gasteiger partial charge in [0.25, 0.3) is 0 Å². The third kappa shape index (κ3) is 3.83. The van der Waals surface area contributed by atoms with Gasteiger partial charge in [-0.25, -0.2) is 4.39 Å². The largest absolute Gasteiger partial charge is 0.343 e. The van der Waals surface area contributed by atoms with Crippen LogP contribution in [0.15, 0.2) is 79.0 Å². The standard InChI is InChI=1S/C24H16ClFN2/c25-22-7-5-19(6-8-22)21(15-27)13-17-4-9-24-20(12-17)10-11-28(24)16-18-2-1-3-23(26)14-18/h1-14H,16H2/b21-13+. The molecule has 0 radical (unpaired) electrons. The Kier molecular flexibility index (Phi) is 4.97. The summed E-state index contributed by atoms with van der Waals surface area (Å²) in [6, 6.07) is 24.2. The van der Waals surface area contributed by atoms with Gasteiger partial charge in [0.1, 0.15) is 5.82 Å². The van der Waals surface area contributed by atoms with E-state index >= 15 is 0 Å². The topological polar surface area (TPSA) is 28.7 Å². The number of nitrogens with zero attached hydrogens (tertiary/aromatic N) is 2. The second kappa shape index (κ2) is 7.72. The van der Waals surface area contributed by atoms with Gasteiger partial charge in [0.2, 0.25) is 0 Å². The molecule has 2 nitrogen and oxygen atoms in total. The zero-order valence-corrected chi connectivity index (χ0v) is 15.7. The van der Waals surface area contributed by atoms with Gasteiger partial charge in [-0.05, 0) is 65.2 Å². The summed E-state index contributed by atoms with van der Waals surface area (Å²) in [5, 5.41) is 11.2.